The zero-order chi connectivity index (χ0) is 16.5. The van der Waals surface area contributed by atoms with E-state index in [1.165, 1.54) is 0 Å². The molecule has 2 N–H and O–H groups in total. The third-order valence-corrected chi connectivity index (χ3v) is 3.73. The van der Waals surface area contributed by atoms with Crippen LogP contribution in [0.3, 0.4) is 0 Å². The van der Waals surface area contributed by atoms with Crippen molar-refractivity contribution in [3.8, 4) is 11.4 Å². The third kappa shape index (κ3) is 3.03. The molecule has 1 amide bonds. The second kappa shape index (κ2) is 5.88. The SMILES string of the molecule is Cc1cc(NCC(=O)NC2CC2)n2nc(-c3cccnc3)nc2n1. The van der Waals surface area contributed by atoms with E-state index in [0.29, 0.717) is 23.5 Å². The highest BCUT2D eigenvalue weighted by Crippen LogP contribution is 2.19. The number of anilines is 1. The molecule has 1 fully saturated rings. The lowest BCUT2D eigenvalue weighted by Crippen LogP contribution is -2.31. The summed E-state index contributed by atoms with van der Waals surface area (Å²) in [6.07, 6.45) is 5.55. The molecule has 0 saturated heterocycles. The van der Waals surface area contributed by atoms with Crippen molar-refractivity contribution in [2.45, 2.75) is 25.8 Å². The predicted molar refractivity (Wildman–Crippen MR) is 88.4 cm³/mol. The maximum absolute atomic E-state index is 11.9. The molecule has 8 heteroatoms. The van der Waals surface area contributed by atoms with Crippen LogP contribution in [0.15, 0.2) is 30.6 Å². The molecule has 0 atom stereocenters. The van der Waals surface area contributed by atoms with E-state index in [2.05, 4.69) is 30.7 Å². The molecule has 0 spiro atoms. The van der Waals surface area contributed by atoms with Crippen LogP contribution in [0, 0.1) is 6.92 Å². The first-order valence-corrected chi connectivity index (χ1v) is 7.87. The van der Waals surface area contributed by atoms with Gasteiger partial charge in [-0.25, -0.2) is 4.98 Å². The molecule has 0 unspecified atom stereocenters. The van der Waals surface area contributed by atoms with Crippen LogP contribution in [0.4, 0.5) is 5.82 Å². The second-order valence-corrected chi connectivity index (χ2v) is 5.87. The summed E-state index contributed by atoms with van der Waals surface area (Å²) in [5, 5.41) is 10.6. The second-order valence-electron chi connectivity index (χ2n) is 5.87. The van der Waals surface area contributed by atoms with Gasteiger partial charge in [-0.2, -0.15) is 9.50 Å². The van der Waals surface area contributed by atoms with Gasteiger partial charge in [-0.05, 0) is 31.9 Å². The van der Waals surface area contributed by atoms with Crippen molar-refractivity contribution in [1.82, 2.24) is 29.9 Å². The van der Waals surface area contributed by atoms with Crippen LogP contribution in [0.1, 0.15) is 18.5 Å². The lowest BCUT2D eigenvalue weighted by molar-refractivity contribution is -0.119. The van der Waals surface area contributed by atoms with Gasteiger partial charge in [0.15, 0.2) is 5.82 Å². The quantitative estimate of drug-likeness (QED) is 0.732. The first-order valence-electron chi connectivity index (χ1n) is 7.87. The smallest absolute Gasteiger partial charge is 0.254 e. The van der Waals surface area contributed by atoms with Crippen LogP contribution >= 0.6 is 0 Å². The normalized spacial score (nSPS) is 13.9. The lowest BCUT2D eigenvalue weighted by Gasteiger charge is -2.08. The molecule has 0 aliphatic heterocycles. The van der Waals surface area contributed by atoms with Gasteiger partial charge in [0.05, 0.1) is 6.54 Å². The number of hydrogen-bond acceptors (Lipinski definition) is 6. The molecule has 4 rings (SSSR count). The van der Waals surface area contributed by atoms with Crippen molar-refractivity contribution in [3.05, 3.63) is 36.3 Å². The van der Waals surface area contributed by atoms with Crippen LogP contribution in [0.5, 0.6) is 0 Å². The van der Waals surface area contributed by atoms with Crippen LogP contribution in [-0.2, 0) is 4.79 Å². The van der Waals surface area contributed by atoms with E-state index in [1.54, 1.807) is 16.9 Å². The van der Waals surface area contributed by atoms with E-state index in [0.717, 1.165) is 24.1 Å². The standard InChI is InChI=1S/C16H17N7O/c1-10-7-13(18-9-14(24)20-12-4-5-12)23-16(19-10)21-15(22-23)11-3-2-6-17-8-11/h2-3,6-8,12,18H,4-5,9H2,1H3,(H,20,24). The van der Waals surface area contributed by atoms with E-state index in [1.807, 2.05) is 25.1 Å². The highest BCUT2D eigenvalue weighted by molar-refractivity contribution is 5.81. The Balaban J connectivity index is 1.61. The van der Waals surface area contributed by atoms with Gasteiger partial charge in [-0.15, -0.1) is 5.10 Å². The molecule has 1 aliphatic rings. The fraction of sp³-hybridized carbons (Fsp3) is 0.312. The van der Waals surface area contributed by atoms with Crippen molar-refractivity contribution >= 4 is 17.5 Å². The Morgan fingerprint density at radius 1 is 1.38 bits per heavy atom. The van der Waals surface area contributed by atoms with Gasteiger partial charge in [-0.3, -0.25) is 9.78 Å². The number of aromatic nitrogens is 5. The number of carbonyl (C=O) groups excluding carboxylic acids is 1. The van der Waals surface area contributed by atoms with Crippen LogP contribution in [0.25, 0.3) is 17.2 Å². The number of nitrogens with one attached hydrogen (secondary N) is 2. The predicted octanol–water partition coefficient (Wildman–Crippen LogP) is 1.19. The van der Waals surface area contributed by atoms with Gasteiger partial charge in [0, 0.05) is 35.8 Å². The maximum Gasteiger partial charge on any atom is 0.254 e. The van der Waals surface area contributed by atoms with Crippen LogP contribution < -0.4 is 10.6 Å². The molecular weight excluding hydrogens is 306 g/mol. The number of hydrogen-bond donors (Lipinski definition) is 2. The molecule has 1 saturated carbocycles. The summed E-state index contributed by atoms with van der Waals surface area (Å²) in [5.41, 5.74) is 1.62. The van der Waals surface area contributed by atoms with E-state index < -0.39 is 0 Å². The fourth-order valence-corrected chi connectivity index (χ4v) is 2.41. The molecule has 0 radical (unpaired) electrons. The number of amides is 1. The highest BCUT2D eigenvalue weighted by Gasteiger charge is 2.23. The average molecular weight is 323 g/mol. The largest absolute Gasteiger partial charge is 0.361 e. The van der Waals surface area contributed by atoms with E-state index in [9.17, 15) is 4.79 Å². The number of pyridine rings is 1. The Morgan fingerprint density at radius 3 is 3.00 bits per heavy atom. The summed E-state index contributed by atoms with van der Waals surface area (Å²) in [4.78, 5) is 24.8. The Morgan fingerprint density at radius 2 is 2.25 bits per heavy atom. The van der Waals surface area contributed by atoms with Gasteiger partial charge in [0.2, 0.25) is 5.91 Å². The molecule has 122 valence electrons. The molecule has 24 heavy (non-hydrogen) atoms. The van der Waals surface area contributed by atoms with E-state index in [-0.39, 0.29) is 12.5 Å². The molecule has 0 aromatic carbocycles. The minimum atomic E-state index is -0.0206. The van der Waals surface area contributed by atoms with Crippen molar-refractivity contribution in [3.63, 3.8) is 0 Å². The summed E-state index contributed by atoms with van der Waals surface area (Å²) in [6, 6.07) is 5.92. The highest BCUT2D eigenvalue weighted by atomic mass is 16.2. The molecule has 1 aliphatic carbocycles. The average Bonchev–Trinajstić information content (AvgIpc) is 3.29. The van der Waals surface area contributed by atoms with Gasteiger partial charge in [0.25, 0.3) is 5.78 Å². The number of carbonyl (C=O) groups is 1. The molecule has 3 aromatic heterocycles. The van der Waals surface area contributed by atoms with Gasteiger partial charge < -0.3 is 10.6 Å². The van der Waals surface area contributed by atoms with Crippen LogP contribution in [0.2, 0.25) is 0 Å². The Kier molecular flexibility index (Phi) is 3.56. The minimum Gasteiger partial charge on any atom is -0.361 e. The van der Waals surface area contributed by atoms with E-state index in [4.69, 9.17) is 0 Å². The Labute approximate surface area is 138 Å². The molecule has 3 heterocycles. The summed E-state index contributed by atoms with van der Waals surface area (Å²) in [7, 11) is 0. The zero-order valence-corrected chi connectivity index (χ0v) is 13.2. The third-order valence-electron chi connectivity index (χ3n) is 3.73. The number of rotatable bonds is 5. The van der Waals surface area contributed by atoms with Crippen molar-refractivity contribution in [1.29, 1.82) is 0 Å². The monoisotopic (exact) mass is 323 g/mol. The van der Waals surface area contributed by atoms with Gasteiger partial charge >= 0.3 is 0 Å². The Hall–Kier alpha value is -3.03. The molecule has 3 aromatic rings. The van der Waals surface area contributed by atoms with Crippen molar-refractivity contribution in [2.24, 2.45) is 0 Å². The minimum absolute atomic E-state index is 0.0206. The van der Waals surface area contributed by atoms with Crippen molar-refractivity contribution in [2.75, 3.05) is 11.9 Å². The topological polar surface area (TPSA) is 97.1 Å². The zero-order valence-electron chi connectivity index (χ0n) is 13.2. The maximum atomic E-state index is 11.9. The van der Waals surface area contributed by atoms with Gasteiger partial charge in [-0.1, -0.05) is 0 Å². The van der Waals surface area contributed by atoms with E-state index >= 15 is 0 Å². The van der Waals surface area contributed by atoms with Crippen molar-refractivity contribution < 1.29 is 4.79 Å². The van der Waals surface area contributed by atoms with Gasteiger partial charge in [0.1, 0.15) is 5.82 Å². The summed E-state index contributed by atoms with van der Waals surface area (Å²) >= 11 is 0. The first kappa shape index (κ1) is 14.6. The first-order chi connectivity index (χ1) is 11.7. The summed E-state index contributed by atoms with van der Waals surface area (Å²) < 4.78 is 1.61. The summed E-state index contributed by atoms with van der Waals surface area (Å²) in [5.74, 6) is 1.70. The lowest BCUT2D eigenvalue weighted by atomic mass is 10.3. The number of nitrogens with zero attached hydrogens (tertiary/aromatic N) is 5. The summed E-state index contributed by atoms with van der Waals surface area (Å²) in [6.45, 7) is 2.07. The Bertz CT molecular complexity index is 886. The number of aryl methyl sites for hydroxylation is 1. The van der Waals surface area contributed by atoms with Crippen LogP contribution in [-0.4, -0.2) is 43.1 Å². The fourth-order valence-electron chi connectivity index (χ4n) is 2.41. The number of fused-ring (bicyclic) bond motifs is 1. The molecular formula is C16H17N7O. The molecule has 0 bridgehead atoms. The molecule has 8 nitrogen and oxygen atoms in total.